The Hall–Kier alpha value is -2.83. The van der Waals surface area contributed by atoms with Crippen molar-refractivity contribution in [3.05, 3.63) is 46.8 Å². The lowest BCUT2D eigenvalue weighted by Gasteiger charge is -2.38. The van der Waals surface area contributed by atoms with Crippen LogP contribution in [0.2, 0.25) is 0 Å². The van der Waals surface area contributed by atoms with E-state index in [0.717, 1.165) is 36.3 Å². The Morgan fingerprint density at radius 3 is 2.38 bits per heavy atom. The van der Waals surface area contributed by atoms with Crippen molar-refractivity contribution in [3.63, 3.8) is 0 Å². The number of carbonyl (C=O) groups excluding carboxylic acids is 2. The van der Waals surface area contributed by atoms with E-state index in [1.54, 1.807) is 24.3 Å². The van der Waals surface area contributed by atoms with Crippen molar-refractivity contribution in [1.29, 1.82) is 0 Å². The van der Waals surface area contributed by atoms with Crippen LogP contribution in [0.5, 0.6) is 5.75 Å². The maximum Gasteiger partial charge on any atom is 0.338 e. The van der Waals surface area contributed by atoms with E-state index in [-0.39, 0.29) is 24.6 Å². The number of rotatable bonds is 6. The highest BCUT2D eigenvalue weighted by Gasteiger charge is 2.29. The topological polar surface area (TPSA) is 81.9 Å². The molecule has 2 atom stereocenters. The lowest BCUT2D eigenvalue weighted by atomic mass is 9.97. The minimum atomic E-state index is -0.520. The minimum Gasteiger partial charge on any atom is -0.489 e. The Morgan fingerprint density at radius 2 is 1.79 bits per heavy atom. The quantitative estimate of drug-likeness (QED) is 0.686. The summed E-state index contributed by atoms with van der Waals surface area (Å²) in [4.78, 5) is 26.6. The molecule has 0 unspecified atom stereocenters. The van der Waals surface area contributed by atoms with Crippen molar-refractivity contribution in [1.82, 2.24) is 10.1 Å². The SMILES string of the molecule is Cc1noc(C)c1COc1ccc(C(=O)OCC(=O)N2[C@H](C)CCC[C@@H]2C)cc1. The van der Waals surface area contributed by atoms with E-state index in [1.807, 2.05) is 32.6 Å². The number of benzene rings is 1. The lowest BCUT2D eigenvalue weighted by Crippen LogP contribution is -2.49. The molecule has 0 saturated carbocycles. The van der Waals surface area contributed by atoms with Gasteiger partial charge in [0.05, 0.1) is 16.8 Å². The fraction of sp³-hybridized carbons (Fsp3) is 0.500. The number of hydrogen-bond donors (Lipinski definition) is 0. The van der Waals surface area contributed by atoms with Crippen molar-refractivity contribution in [2.24, 2.45) is 0 Å². The summed E-state index contributed by atoms with van der Waals surface area (Å²) in [5.41, 5.74) is 2.08. The smallest absolute Gasteiger partial charge is 0.338 e. The highest BCUT2D eigenvalue weighted by molar-refractivity contribution is 5.91. The lowest BCUT2D eigenvalue weighted by molar-refractivity contribution is -0.140. The summed E-state index contributed by atoms with van der Waals surface area (Å²) in [5, 5.41) is 3.90. The molecule has 156 valence electrons. The molecule has 0 N–H and O–H groups in total. The van der Waals surface area contributed by atoms with Crippen LogP contribution >= 0.6 is 0 Å². The predicted molar refractivity (Wildman–Crippen MR) is 107 cm³/mol. The van der Waals surface area contributed by atoms with Crippen LogP contribution in [0.3, 0.4) is 0 Å². The van der Waals surface area contributed by atoms with Gasteiger partial charge in [-0.05, 0) is 71.2 Å². The summed E-state index contributed by atoms with van der Waals surface area (Å²) in [6.07, 6.45) is 3.09. The molecule has 1 aromatic carbocycles. The van der Waals surface area contributed by atoms with E-state index in [4.69, 9.17) is 14.0 Å². The number of ether oxygens (including phenoxy) is 2. The highest BCUT2D eigenvalue weighted by Crippen LogP contribution is 2.23. The largest absolute Gasteiger partial charge is 0.489 e. The van der Waals surface area contributed by atoms with Crippen LogP contribution < -0.4 is 4.74 Å². The summed E-state index contributed by atoms with van der Waals surface area (Å²) < 4.78 is 16.1. The zero-order valence-corrected chi connectivity index (χ0v) is 17.4. The van der Waals surface area contributed by atoms with Gasteiger partial charge in [-0.1, -0.05) is 5.16 Å². The number of piperidine rings is 1. The molecule has 1 fully saturated rings. The number of esters is 1. The molecular formula is C22H28N2O5. The van der Waals surface area contributed by atoms with Gasteiger partial charge >= 0.3 is 5.97 Å². The van der Waals surface area contributed by atoms with E-state index < -0.39 is 5.97 Å². The Labute approximate surface area is 171 Å². The molecule has 0 bridgehead atoms. The van der Waals surface area contributed by atoms with Crippen molar-refractivity contribution in [2.45, 2.75) is 65.6 Å². The fourth-order valence-electron chi connectivity index (χ4n) is 3.75. The van der Waals surface area contributed by atoms with Gasteiger partial charge in [0.15, 0.2) is 6.61 Å². The maximum atomic E-state index is 12.5. The molecule has 3 rings (SSSR count). The Kier molecular flexibility index (Phi) is 6.56. The van der Waals surface area contributed by atoms with Crippen LogP contribution in [0.1, 0.15) is 60.5 Å². The number of hydrogen-bond acceptors (Lipinski definition) is 6. The zero-order chi connectivity index (χ0) is 21.0. The van der Waals surface area contributed by atoms with Crippen molar-refractivity contribution in [3.8, 4) is 5.75 Å². The van der Waals surface area contributed by atoms with Crippen molar-refractivity contribution < 1.29 is 23.6 Å². The first-order chi connectivity index (χ1) is 13.9. The summed E-state index contributed by atoms with van der Waals surface area (Å²) in [6.45, 7) is 7.88. The first-order valence-corrected chi connectivity index (χ1v) is 9.99. The van der Waals surface area contributed by atoms with Gasteiger partial charge in [-0.2, -0.15) is 0 Å². The molecule has 0 radical (unpaired) electrons. The molecule has 1 aromatic heterocycles. The van der Waals surface area contributed by atoms with Crippen LogP contribution in [-0.2, 0) is 16.1 Å². The van der Waals surface area contributed by atoms with E-state index in [9.17, 15) is 9.59 Å². The third kappa shape index (κ3) is 4.96. The Bertz CT molecular complexity index is 829. The fourth-order valence-corrected chi connectivity index (χ4v) is 3.75. The van der Waals surface area contributed by atoms with Crippen molar-refractivity contribution in [2.75, 3.05) is 6.61 Å². The van der Waals surface area contributed by atoms with E-state index in [1.165, 1.54) is 0 Å². The second kappa shape index (κ2) is 9.11. The van der Waals surface area contributed by atoms with E-state index in [2.05, 4.69) is 5.16 Å². The Morgan fingerprint density at radius 1 is 1.14 bits per heavy atom. The number of amides is 1. The highest BCUT2D eigenvalue weighted by atomic mass is 16.5. The van der Waals surface area contributed by atoms with Gasteiger partial charge in [-0.15, -0.1) is 0 Å². The standard InChI is InChI=1S/C22H28N2O5/c1-14-6-5-7-15(2)24(14)21(25)13-28-22(26)18-8-10-19(11-9-18)27-12-20-16(3)23-29-17(20)4/h8-11,14-15H,5-7,12-13H2,1-4H3/t14-,15+. The maximum absolute atomic E-state index is 12.5. The molecule has 1 aliphatic rings. The molecule has 29 heavy (non-hydrogen) atoms. The van der Waals surface area contributed by atoms with Gasteiger partial charge in [0.25, 0.3) is 5.91 Å². The second-order valence-corrected chi connectivity index (χ2v) is 7.62. The Balaban J connectivity index is 1.51. The molecule has 7 heteroatoms. The van der Waals surface area contributed by atoms with Crippen LogP contribution in [0.15, 0.2) is 28.8 Å². The third-order valence-corrected chi connectivity index (χ3v) is 5.46. The number of carbonyl (C=O) groups is 2. The first kappa shape index (κ1) is 20.9. The van der Waals surface area contributed by atoms with E-state index in [0.29, 0.717) is 17.9 Å². The number of aromatic nitrogens is 1. The van der Waals surface area contributed by atoms with Crippen LogP contribution in [0.4, 0.5) is 0 Å². The molecule has 1 amide bonds. The normalized spacial score (nSPS) is 19.1. The molecule has 2 heterocycles. The van der Waals surface area contributed by atoms with Crippen LogP contribution in [-0.4, -0.2) is 40.6 Å². The van der Waals surface area contributed by atoms with Gasteiger partial charge < -0.3 is 18.9 Å². The van der Waals surface area contributed by atoms with Gasteiger partial charge in [0.1, 0.15) is 18.1 Å². The molecular weight excluding hydrogens is 372 g/mol. The number of aryl methyl sites for hydroxylation is 2. The summed E-state index contributed by atoms with van der Waals surface area (Å²) in [6, 6.07) is 7.01. The van der Waals surface area contributed by atoms with Gasteiger partial charge in [0, 0.05) is 12.1 Å². The summed E-state index contributed by atoms with van der Waals surface area (Å²) in [7, 11) is 0. The van der Waals surface area contributed by atoms with Gasteiger partial charge in [0.2, 0.25) is 0 Å². The molecule has 0 spiro atoms. The predicted octanol–water partition coefficient (Wildman–Crippen LogP) is 3.82. The molecule has 1 aliphatic heterocycles. The van der Waals surface area contributed by atoms with Gasteiger partial charge in [-0.3, -0.25) is 4.79 Å². The third-order valence-electron chi connectivity index (χ3n) is 5.46. The minimum absolute atomic E-state index is 0.141. The molecule has 2 aromatic rings. The summed E-state index contributed by atoms with van der Waals surface area (Å²) >= 11 is 0. The summed E-state index contributed by atoms with van der Waals surface area (Å²) in [5.74, 6) is 0.684. The average Bonchev–Trinajstić information content (AvgIpc) is 3.02. The van der Waals surface area contributed by atoms with Crippen LogP contribution in [0.25, 0.3) is 0 Å². The molecule has 1 saturated heterocycles. The van der Waals surface area contributed by atoms with Gasteiger partial charge in [-0.25, -0.2) is 4.79 Å². The first-order valence-electron chi connectivity index (χ1n) is 9.99. The van der Waals surface area contributed by atoms with E-state index >= 15 is 0 Å². The monoisotopic (exact) mass is 400 g/mol. The number of nitrogens with zero attached hydrogens (tertiary/aromatic N) is 2. The zero-order valence-electron chi connectivity index (χ0n) is 17.4. The van der Waals surface area contributed by atoms with Crippen molar-refractivity contribution >= 4 is 11.9 Å². The number of likely N-dealkylation sites (tertiary alicyclic amines) is 1. The average molecular weight is 400 g/mol. The van der Waals surface area contributed by atoms with Crippen LogP contribution in [0, 0.1) is 13.8 Å². The molecule has 7 nitrogen and oxygen atoms in total. The molecule has 0 aliphatic carbocycles. The second-order valence-electron chi connectivity index (χ2n) is 7.62.